The summed E-state index contributed by atoms with van der Waals surface area (Å²) in [7, 11) is 0. The maximum atomic E-state index is 8.74. The summed E-state index contributed by atoms with van der Waals surface area (Å²) in [5.74, 6) is 1.58. The molecule has 14 heavy (non-hydrogen) atoms. The van der Waals surface area contributed by atoms with Crippen molar-refractivity contribution in [1.82, 2.24) is 10.1 Å². The van der Waals surface area contributed by atoms with Crippen molar-refractivity contribution < 1.29 is 14.4 Å². The smallest absolute Gasteiger partial charge is 0.252 e. The highest BCUT2D eigenvalue weighted by Gasteiger charge is 2.17. The second-order valence-electron chi connectivity index (χ2n) is 3.52. The average molecular weight is 198 g/mol. The molecule has 1 aliphatic rings. The molecule has 5 heteroatoms. The fraction of sp³-hybridized carbons (Fsp3) is 0.778. The highest BCUT2D eigenvalue weighted by molar-refractivity contribution is 4.87. The molecule has 0 spiro atoms. The molecule has 1 aliphatic heterocycles. The van der Waals surface area contributed by atoms with E-state index in [-0.39, 0.29) is 6.61 Å². The molecule has 1 fully saturated rings. The molecule has 0 atom stereocenters. The number of rotatable bonds is 3. The molecular formula is C9H14N2O3. The Morgan fingerprint density at radius 2 is 2.14 bits per heavy atom. The highest BCUT2D eigenvalue weighted by atomic mass is 16.5. The molecule has 2 rings (SSSR count). The number of nitrogens with zero attached hydrogens (tertiary/aromatic N) is 2. The van der Waals surface area contributed by atoms with Gasteiger partial charge in [0.25, 0.3) is 5.89 Å². The van der Waals surface area contributed by atoms with Crippen LogP contribution in [-0.4, -0.2) is 28.5 Å². The molecule has 0 aromatic carbocycles. The second kappa shape index (κ2) is 4.52. The molecule has 1 saturated heterocycles. The van der Waals surface area contributed by atoms with Crippen LogP contribution in [0.15, 0.2) is 4.52 Å². The van der Waals surface area contributed by atoms with E-state index in [4.69, 9.17) is 14.4 Å². The summed E-state index contributed by atoms with van der Waals surface area (Å²) in [5, 5.41) is 12.5. The minimum absolute atomic E-state index is 0.180. The van der Waals surface area contributed by atoms with Gasteiger partial charge in [0.1, 0.15) is 6.61 Å². The van der Waals surface area contributed by atoms with E-state index in [1.165, 1.54) is 0 Å². The Morgan fingerprint density at radius 3 is 2.79 bits per heavy atom. The van der Waals surface area contributed by atoms with E-state index < -0.39 is 0 Å². The Balaban J connectivity index is 1.89. The van der Waals surface area contributed by atoms with Gasteiger partial charge in [0.2, 0.25) is 0 Å². The first-order chi connectivity index (χ1) is 6.88. The zero-order chi connectivity index (χ0) is 9.80. The zero-order valence-corrected chi connectivity index (χ0v) is 7.98. The summed E-state index contributed by atoms with van der Waals surface area (Å²) in [4.78, 5) is 4.05. The normalized spacial score (nSPS) is 18.6. The van der Waals surface area contributed by atoms with Gasteiger partial charge >= 0.3 is 0 Å². The molecule has 2 heterocycles. The molecule has 0 amide bonds. The Kier molecular flexibility index (Phi) is 3.10. The van der Waals surface area contributed by atoms with Gasteiger partial charge in [0.05, 0.1) is 0 Å². The number of aliphatic hydroxyl groups excluding tert-OH is 1. The molecule has 5 nitrogen and oxygen atoms in total. The molecule has 1 aromatic heterocycles. The summed E-state index contributed by atoms with van der Waals surface area (Å²) >= 11 is 0. The van der Waals surface area contributed by atoms with E-state index in [0.29, 0.717) is 17.6 Å². The molecular weight excluding hydrogens is 184 g/mol. The van der Waals surface area contributed by atoms with Gasteiger partial charge in [0.15, 0.2) is 5.82 Å². The first kappa shape index (κ1) is 9.61. The Bertz CT molecular complexity index is 281. The van der Waals surface area contributed by atoms with Gasteiger partial charge in [-0.25, -0.2) is 0 Å². The standard InChI is InChI=1S/C9H14N2O3/c12-6-9-10-8(11-14-9)5-7-1-3-13-4-2-7/h7,12H,1-6H2. The fourth-order valence-corrected chi connectivity index (χ4v) is 1.65. The Labute approximate surface area is 82.1 Å². The molecule has 0 radical (unpaired) electrons. The van der Waals surface area contributed by atoms with Crippen molar-refractivity contribution in [1.29, 1.82) is 0 Å². The molecule has 0 unspecified atom stereocenters. The van der Waals surface area contributed by atoms with E-state index in [2.05, 4.69) is 10.1 Å². The van der Waals surface area contributed by atoms with Crippen LogP contribution in [0.1, 0.15) is 24.6 Å². The molecule has 0 aliphatic carbocycles. The van der Waals surface area contributed by atoms with Crippen molar-refractivity contribution in [2.45, 2.75) is 25.9 Å². The van der Waals surface area contributed by atoms with Crippen LogP contribution < -0.4 is 0 Å². The van der Waals surface area contributed by atoms with Gasteiger partial charge < -0.3 is 14.4 Å². The topological polar surface area (TPSA) is 68.4 Å². The molecule has 1 N–H and O–H groups in total. The first-order valence-corrected chi connectivity index (χ1v) is 4.88. The van der Waals surface area contributed by atoms with E-state index in [1.807, 2.05) is 0 Å². The summed E-state index contributed by atoms with van der Waals surface area (Å²) in [6.45, 7) is 1.48. The van der Waals surface area contributed by atoms with Gasteiger partial charge in [-0.05, 0) is 18.8 Å². The summed E-state index contributed by atoms with van der Waals surface area (Å²) in [5.41, 5.74) is 0. The Hall–Kier alpha value is -0.940. The lowest BCUT2D eigenvalue weighted by molar-refractivity contribution is 0.0658. The lowest BCUT2D eigenvalue weighted by Gasteiger charge is -2.20. The van der Waals surface area contributed by atoms with Crippen molar-refractivity contribution in [2.24, 2.45) is 5.92 Å². The predicted octanol–water partition coefficient (Wildman–Crippen LogP) is 0.531. The van der Waals surface area contributed by atoms with Gasteiger partial charge in [-0.1, -0.05) is 5.16 Å². The zero-order valence-electron chi connectivity index (χ0n) is 7.98. The summed E-state index contributed by atoms with van der Waals surface area (Å²) in [6, 6.07) is 0. The molecule has 0 bridgehead atoms. The van der Waals surface area contributed by atoms with Crippen LogP contribution in [0, 0.1) is 5.92 Å². The van der Waals surface area contributed by atoms with E-state index in [9.17, 15) is 0 Å². The number of aliphatic hydroxyl groups is 1. The minimum atomic E-state index is -0.180. The Morgan fingerprint density at radius 1 is 1.36 bits per heavy atom. The maximum absolute atomic E-state index is 8.74. The minimum Gasteiger partial charge on any atom is -0.387 e. The largest absolute Gasteiger partial charge is 0.387 e. The third-order valence-electron chi connectivity index (χ3n) is 2.46. The van der Waals surface area contributed by atoms with Crippen molar-refractivity contribution >= 4 is 0 Å². The van der Waals surface area contributed by atoms with E-state index in [0.717, 1.165) is 32.5 Å². The van der Waals surface area contributed by atoms with Crippen LogP contribution in [0.2, 0.25) is 0 Å². The molecule has 1 aromatic rings. The third-order valence-corrected chi connectivity index (χ3v) is 2.46. The van der Waals surface area contributed by atoms with Crippen LogP contribution in [-0.2, 0) is 17.8 Å². The fourth-order valence-electron chi connectivity index (χ4n) is 1.65. The van der Waals surface area contributed by atoms with Gasteiger partial charge in [-0.15, -0.1) is 0 Å². The van der Waals surface area contributed by atoms with Crippen LogP contribution in [0.4, 0.5) is 0 Å². The maximum Gasteiger partial charge on any atom is 0.252 e. The predicted molar refractivity (Wildman–Crippen MR) is 47.5 cm³/mol. The van der Waals surface area contributed by atoms with Crippen molar-refractivity contribution in [2.75, 3.05) is 13.2 Å². The van der Waals surface area contributed by atoms with Crippen molar-refractivity contribution in [3.05, 3.63) is 11.7 Å². The van der Waals surface area contributed by atoms with Crippen molar-refractivity contribution in [3.63, 3.8) is 0 Å². The van der Waals surface area contributed by atoms with Crippen LogP contribution >= 0.6 is 0 Å². The highest BCUT2D eigenvalue weighted by Crippen LogP contribution is 2.18. The van der Waals surface area contributed by atoms with Crippen LogP contribution in [0.5, 0.6) is 0 Å². The summed E-state index contributed by atoms with van der Waals surface area (Å²) < 4.78 is 10.1. The van der Waals surface area contributed by atoms with E-state index in [1.54, 1.807) is 0 Å². The number of ether oxygens (including phenoxy) is 1. The van der Waals surface area contributed by atoms with E-state index >= 15 is 0 Å². The molecule has 78 valence electrons. The van der Waals surface area contributed by atoms with Crippen LogP contribution in [0.25, 0.3) is 0 Å². The SMILES string of the molecule is OCc1nc(CC2CCOCC2)no1. The third kappa shape index (κ3) is 2.30. The quantitative estimate of drug-likeness (QED) is 0.767. The first-order valence-electron chi connectivity index (χ1n) is 4.88. The van der Waals surface area contributed by atoms with Gasteiger partial charge in [-0.3, -0.25) is 0 Å². The van der Waals surface area contributed by atoms with Gasteiger partial charge in [-0.2, -0.15) is 4.98 Å². The lowest BCUT2D eigenvalue weighted by Crippen LogP contribution is -2.18. The number of hydrogen-bond donors (Lipinski definition) is 1. The van der Waals surface area contributed by atoms with Crippen molar-refractivity contribution in [3.8, 4) is 0 Å². The second-order valence-corrected chi connectivity index (χ2v) is 3.52. The van der Waals surface area contributed by atoms with Crippen LogP contribution in [0.3, 0.4) is 0 Å². The number of aromatic nitrogens is 2. The summed E-state index contributed by atoms with van der Waals surface area (Å²) in [6.07, 6.45) is 2.94. The molecule has 0 saturated carbocycles. The number of hydrogen-bond acceptors (Lipinski definition) is 5. The van der Waals surface area contributed by atoms with Gasteiger partial charge in [0, 0.05) is 19.6 Å². The lowest BCUT2D eigenvalue weighted by atomic mass is 9.96. The monoisotopic (exact) mass is 198 g/mol. The average Bonchev–Trinajstić information content (AvgIpc) is 2.67.